The molecule has 1 aliphatic heterocycles. The van der Waals surface area contributed by atoms with Gasteiger partial charge in [0.2, 0.25) is 0 Å². The number of hydrogen-bond acceptors (Lipinski definition) is 3. The third-order valence-electron chi connectivity index (χ3n) is 2.74. The lowest BCUT2D eigenvalue weighted by molar-refractivity contribution is -0.144. The number of alkyl halides is 2. The highest BCUT2D eigenvalue weighted by Crippen LogP contribution is 2.36. The minimum atomic E-state index is -1.08. The molecule has 0 bridgehead atoms. The zero-order valence-corrected chi connectivity index (χ0v) is 11.0. The van der Waals surface area contributed by atoms with Crippen molar-refractivity contribution >= 4 is 29.1 Å². The molecule has 17 heavy (non-hydrogen) atoms. The van der Waals surface area contributed by atoms with Crippen LogP contribution in [-0.2, 0) is 9.53 Å². The molecule has 0 N–H and O–H groups in total. The van der Waals surface area contributed by atoms with E-state index in [1.165, 1.54) is 4.90 Å². The molecule has 2 rings (SSSR count). The number of nitrogens with zero attached hydrogens (tertiary/aromatic N) is 1. The predicted molar refractivity (Wildman–Crippen MR) is 63.8 cm³/mol. The fourth-order valence-corrected chi connectivity index (χ4v) is 2.17. The Morgan fingerprint density at radius 1 is 1.59 bits per heavy atom. The molecule has 0 radical (unpaired) electrons. The van der Waals surface area contributed by atoms with Gasteiger partial charge in [-0.2, -0.15) is 0 Å². The van der Waals surface area contributed by atoms with Crippen LogP contribution in [0.3, 0.4) is 0 Å². The van der Waals surface area contributed by atoms with Crippen molar-refractivity contribution in [2.24, 2.45) is 0 Å². The highest BCUT2D eigenvalue weighted by atomic mass is 35.5. The summed E-state index contributed by atoms with van der Waals surface area (Å²) in [5, 5.41) is 0. The van der Waals surface area contributed by atoms with E-state index in [1.54, 1.807) is 26.2 Å². The van der Waals surface area contributed by atoms with Crippen LogP contribution < -0.4 is 0 Å². The van der Waals surface area contributed by atoms with E-state index in [9.17, 15) is 4.79 Å². The van der Waals surface area contributed by atoms with Crippen LogP contribution in [-0.4, -0.2) is 27.9 Å². The second-order valence-electron chi connectivity index (χ2n) is 4.32. The van der Waals surface area contributed by atoms with Crippen LogP contribution >= 0.6 is 23.2 Å². The Balaban J connectivity index is 2.18. The summed E-state index contributed by atoms with van der Waals surface area (Å²) in [6.07, 6.45) is 1.29. The Morgan fingerprint density at radius 3 is 2.82 bits per heavy atom. The minimum Gasteiger partial charge on any atom is -0.467 e. The summed E-state index contributed by atoms with van der Waals surface area (Å²) in [6.45, 7) is 3.98. The van der Waals surface area contributed by atoms with Gasteiger partial charge in [-0.15, -0.1) is 0 Å². The number of ether oxygens (including phenoxy) is 1. The van der Waals surface area contributed by atoms with Gasteiger partial charge < -0.3 is 14.1 Å². The van der Waals surface area contributed by atoms with E-state index < -0.39 is 10.6 Å². The Hall–Kier alpha value is -0.710. The summed E-state index contributed by atoms with van der Waals surface area (Å²) < 4.78 is 11.0. The number of carbonyl (C=O) groups is 1. The third kappa shape index (κ3) is 2.44. The molecule has 0 aromatic carbocycles. The van der Waals surface area contributed by atoms with Gasteiger partial charge in [-0.05, 0) is 26.0 Å². The lowest BCUT2D eigenvalue weighted by atomic mass is 10.3. The van der Waals surface area contributed by atoms with E-state index in [-0.39, 0.29) is 12.0 Å². The molecule has 1 aromatic heterocycles. The monoisotopic (exact) mass is 279 g/mol. The minimum absolute atomic E-state index is 0.281. The fourth-order valence-electron chi connectivity index (χ4n) is 1.93. The normalized spacial score (nSPS) is 23.4. The molecule has 1 atom stereocenters. The Bertz CT molecular complexity index is 403. The molecule has 94 valence electrons. The number of furan rings is 1. The van der Waals surface area contributed by atoms with Crippen molar-refractivity contribution in [1.29, 1.82) is 0 Å². The first-order valence-corrected chi connectivity index (χ1v) is 6.10. The Kier molecular flexibility index (Phi) is 3.39. The molecular formula is C11H13Cl2NO3. The average molecular weight is 280 g/mol. The lowest BCUT2D eigenvalue weighted by Crippen LogP contribution is -2.45. The maximum absolute atomic E-state index is 11.8. The standard InChI is InChI=1S/C11H13Cl2NO3/c1-11(2)14(10(15)9(12)13)6-8(17-11)7-4-3-5-16-7/h3-5,8-9H,6H2,1-2H3/i6+2. The summed E-state index contributed by atoms with van der Waals surface area (Å²) in [5.41, 5.74) is -0.740. The highest BCUT2D eigenvalue weighted by Gasteiger charge is 2.44. The van der Waals surface area contributed by atoms with E-state index in [2.05, 4.69) is 0 Å². The molecule has 0 aliphatic carbocycles. The van der Waals surface area contributed by atoms with Gasteiger partial charge in [0.15, 0.2) is 4.84 Å². The molecule has 0 spiro atoms. The lowest BCUT2D eigenvalue weighted by Gasteiger charge is -2.29. The second-order valence-corrected chi connectivity index (χ2v) is 5.41. The maximum atomic E-state index is 11.8. The fraction of sp³-hybridized carbons (Fsp3) is 0.545. The molecule has 1 aliphatic rings. The van der Waals surface area contributed by atoms with Crippen molar-refractivity contribution in [2.75, 3.05) is 6.54 Å². The zero-order chi connectivity index (χ0) is 12.6. The summed E-state index contributed by atoms with van der Waals surface area (Å²) in [7, 11) is 0. The molecule has 1 fully saturated rings. The van der Waals surface area contributed by atoms with Crippen molar-refractivity contribution in [3.63, 3.8) is 0 Å². The van der Waals surface area contributed by atoms with E-state index in [0.717, 1.165) is 0 Å². The van der Waals surface area contributed by atoms with Crippen LogP contribution in [0.5, 0.6) is 0 Å². The van der Waals surface area contributed by atoms with Crippen LogP contribution in [0, 0.1) is 0 Å². The Labute approximate surface area is 109 Å². The van der Waals surface area contributed by atoms with Gasteiger partial charge >= 0.3 is 0 Å². The van der Waals surface area contributed by atoms with Crippen molar-refractivity contribution in [3.8, 4) is 0 Å². The van der Waals surface area contributed by atoms with Gasteiger partial charge in [-0.1, -0.05) is 23.2 Å². The quantitative estimate of drug-likeness (QED) is 0.782. The molecule has 0 saturated carbocycles. The first kappa shape index (κ1) is 12.7. The highest BCUT2D eigenvalue weighted by molar-refractivity contribution is 6.53. The van der Waals surface area contributed by atoms with E-state index >= 15 is 0 Å². The second kappa shape index (κ2) is 4.52. The molecule has 1 aromatic rings. The Morgan fingerprint density at radius 2 is 2.29 bits per heavy atom. The van der Waals surface area contributed by atoms with Gasteiger partial charge in [-0.3, -0.25) is 4.79 Å². The number of rotatable bonds is 2. The van der Waals surface area contributed by atoms with Crippen LogP contribution in [0.2, 0.25) is 0 Å². The summed E-state index contributed by atoms with van der Waals surface area (Å²) in [6, 6.07) is 3.59. The van der Waals surface area contributed by atoms with Gasteiger partial charge in [0, 0.05) is 0 Å². The summed E-state index contributed by atoms with van der Waals surface area (Å²) in [4.78, 5) is 12.3. The van der Waals surface area contributed by atoms with Crippen molar-refractivity contribution in [2.45, 2.75) is 30.5 Å². The van der Waals surface area contributed by atoms with E-state index in [0.29, 0.717) is 12.3 Å². The first-order chi connectivity index (χ1) is 7.92. The molecule has 1 saturated heterocycles. The molecule has 4 nitrogen and oxygen atoms in total. The summed E-state index contributed by atoms with van der Waals surface area (Å²) >= 11 is 11.2. The van der Waals surface area contributed by atoms with Crippen LogP contribution in [0.1, 0.15) is 25.7 Å². The summed E-state index contributed by atoms with van der Waals surface area (Å²) in [5.74, 6) is 0.335. The van der Waals surface area contributed by atoms with Crippen LogP contribution in [0.4, 0.5) is 0 Å². The van der Waals surface area contributed by atoms with E-state index in [4.69, 9.17) is 32.4 Å². The SMILES string of the molecule is CC1(C)OC(c2ccco2)[14CH2]N1C(=O)C(Cl)Cl. The van der Waals surface area contributed by atoms with Gasteiger partial charge in [0.1, 0.15) is 17.6 Å². The molecule has 6 heteroatoms. The van der Waals surface area contributed by atoms with Gasteiger partial charge in [0.25, 0.3) is 5.91 Å². The molecule has 1 unspecified atom stereocenters. The van der Waals surface area contributed by atoms with Crippen molar-refractivity contribution in [3.05, 3.63) is 24.2 Å². The maximum Gasteiger partial charge on any atom is 0.258 e. The third-order valence-corrected chi connectivity index (χ3v) is 3.12. The van der Waals surface area contributed by atoms with Gasteiger partial charge in [0.05, 0.1) is 12.8 Å². The van der Waals surface area contributed by atoms with E-state index in [1.807, 2.05) is 6.07 Å². The van der Waals surface area contributed by atoms with Crippen molar-refractivity contribution < 1.29 is 13.9 Å². The largest absolute Gasteiger partial charge is 0.467 e. The van der Waals surface area contributed by atoms with Crippen LogP contribution in [0.15, 0.2) is 22.8 Å². The topological polar surface area (TPSA) is 42.7 Å². The number of amides is 1. The van der Waals surface area contributed by atoms with Gasteiger partial charge in [-0.25, -0.2) is 0 Å². The first-order valence-electron chi connectivity index (χ1n) is 5.22. The number of hydrogen-bond donors (Lipinski definition) is 0. The number of carbonyl (C=O) groups excluding carboxylic acids is 1. The van der Waals surface area contributed by atoms with Crippen molar-refractivity contribution in [1.82, 2.24) is 4.90 Å². The average Bonchev–Trinajstić information content (AvgIpc) is 2.83. The smallest absolute Gasteiger partial charge is 0.258 e. The zero-order valence-electron chi connectivity index (χ0n) is 9.52. The number of halogens is 2. The van der Waals surface area contributed by atoms with Crippen LogP contribution in [0.25, 0.3) is 0 Å². The molecule has 2 heterocycles. The predicted octanol–water partition coefficient (Wildman–Crippen LogP) is 2.72. The molecular weight excluding hydrogens is 267 g/mol. The molecule has 1 amide bonds.